The first-order valence-corrected chi connectivity index (χ1v) is 5.87. The van der Waals surface area contributed by atoms with Gasteiger partial charge in [0.1, 0.15) is 5.82 Å². The van der Waals surface area contributed by atoms with E-state index in [4.69, 9.17) is 10.5 Å². The lowest BCUT2D eigenvalue weighted by atomic mass is 10.2. The summed E-state index contributed by atoms with van der Waals surface area (Å²) >= 11 is 0. The minimum atomic E-state index is 0.508. The molecule has 1 aromatic rings. The molecule has 1 unspecified atom stereocenters. The van der Waals surface area contributed by atoms with Crippen LogP contribution in [0.15, 0.2) is 12.1 Å². The maximum Gasteiger partial charge on any atom is 0.238 e. The molecule has 1 fully saturated rings. The standard InChI is InChI=1S/C12H20N4O/c1-9-8-16(7-6-15(9)2)11-5-4-10(13)12(14-11)17-3/h4-5,9H,6-8,13H2,1-3H3. The third-order valence-electron chi connectivity index (χ3n) is 3.35. The number of nitrogens with zero attached hydrogens (tertiary/aromatic N) is 3. The Morgan fingerprint density at radius 1 is 1.41 bits per heavy atom. The summed E-state index contributed by atoms with van der Waals surface area (Å²) in [6.07, 6.45) is 0. The molecule has 1 aliphatic rings. The van der Waals surface area contributed by atoms with E-state index in [1.165, 1.54) is 0 Å². The van der Waals surface area contributed by atoms with Crippen molar-refractivity contribution in [3.63, 3.8) is 0 Å². The molecule has 2 heterocycles. The molecule has 1 aromatic heterocycles. The van der Waals surface area contributed by atoms with Crippen LogP contribution in [-0.4, -0.2) is 49.7 Å². The Morgan fingerprint density at radius 2 is 2.18 bits per heavy atom. The van der Waals surface area contributed by atoms with Gasteiger partial charge in [-0.2, -0.15) is 4.98 Å². The van der Waals surface area contributed by atoms with E-state index in [0.717, 1.165) is 25.5 Å². The summed E-state index contributed by atoms with van der Waals surface area (Å²) in [5, 5.41) is 0. The van der Waals surface area contributed by atoms with E-state index in [1.807, 2.05) is 12.1 Å². The fourth-order valence-electron chi connectivity index (χ4n) is 2.04. The van der Waals surface area contributed by atoms with Crippen molar-refractivity contribution in [1.82, 2.24) is 9.88 Å². The third-order valence-corrected chi connectivity index (χ3v) is 3.35. The molecule has 1 atom stereocenters. The van der Waals surface area contributed by atoms with Gasteiger partial charge in [-0.05, 0) is 26.1 Å². The van der Waals surface area contributed by atoms with Crippen LogP contribution in [0.5, 0.6) is 5.88 Å². The van der Waals surface area contributed by atoms with Crippen LogP contribution in [0.1, 0.15) is 6.92 Å². The Balaban J connectivity index is 2.17. The zero-order chi connectivity index (χ0) is 12.4. The van der Waals surface area contributed by atoms with Crippen molar-refractivity contribution in [2.24, 2.45) is 0 Å². The molecule has 17 heavy (non-hydrogen) atoms. The first-order chi connectivity index (χ1) is 8.11. The average Bonchev–Trinajstić information content (AvgIpc) is 2.33. The van der Waals surface area contributed by atoms with Crippen molar-refractivity contribution in [1.29, 1.82) is 0 Å². The molecule has 0 amide bonds. The van der Waals surface area contributed by atoms with Gasteiger partial charge >= 0.3 is 0 Å². The summed E-state index contributed by atoms with van der Waals surface area (Å²) in [6, 6.07) is 4.34. The van der Waals surface area contributed by atoms with Gasteiger partial charge in [-0.3, -0.25) is 0 Å². The quantitative estimate of drug-likeness (QED) is 0.823. The molecule has 1 saturated heterocycles. The Labute approximate surface area is 102 Å². The first kappa shape index (κ1) is 12.0. The molecule has 0 bridgehead atoms. The Hall–Kier alpha value is -1.49. The van der Waals surface area contributed by atoms with Crippen LogP contribution < -0.4 is 15.4 Å². The molecule has 5 heteroatoms. The molecule has 0 radical (unpaired) electrons. The Morgan fingerprint density at radius 3 is 2.82 bits per heavy atom. The number of aromatic nitrogens is 1. The third kappa shape index (κ3) is 2.44. The van der Waals surface area contributed by atoms with E-state index < -0.39 is 0 Å². The van der Waals surface area contributed by atoms with Gasteiger partial charge in [0.15, 0.2) is 0 Å². The number of rotatable bonds is 2. The Bertz CT molecular complexity index is 396. The van der Waals surface area contributed by atoms with Crippen molar-refractivity contribution >= 4 is 11.5 Å². The van der Waals surface area contributed by atoms with Gasteiger partial charge in [0.2, 0.25) is 5.88 Å². The van der Waals surface area contributed by atoms with Crippen LogP contribution in [0.3, 0.4) is 0 Å². The summed E-state index contributed by atoms with van der Waals surface area (Å²) in [6.45, 7) is 5.24. The highest BCUT2D eigenvalue weighted by molar-refractivity contribution is 5.54. The fourth-order valence-corrected chi connectivity index (χ4v) is 2.04. The minimum absolute atomic E-state index is 0.508. The molecule has 0 aromatic carbocycles. The monoisotopic (exact) mass is 236 g/mol. The van der Waals surface area contributed by atoms with Crippen molar-refractivity contribution in [2.75, 3.05) is 44.4 Å². The van der Waals surface area contributed by atoms with Crippen LogP contribution in [0.25, 0.3) is 0 Å². The van der Waals surface area contributed by atoms with E-state index in [1.54, 1.807) is 7.11 Å². The number of methoxy groups -OCH3 is 1. The number of pyridine rings is 1. The SMILES string of the molecule is COc1nc(N2CCN(C)C(C)C2)ccc1N. The van der Waals surface area contributed by atoms with E-state index in [-0.39, 0.29) is 0 Å². The van der Waals surface area contributed by atoms with Gasteiger partial charge in [-0.15, -0.1) is 0 Å². The van der Waals surface area contributed by atoms with Gasteiger partial charge in [0.25, 0.3) is 0 Å². The highest BCUT2D eigenvalue weighted by atomic mass is 16.5. The lowest BCUT2D eigenvalue weighted by Gasteiger charge is -2.38. The molecule has 2 N–H and O–H groups in total. The molecular formula is C12H20N4O. The lowest BCUT2D eigenvalue weighted by molar-refractivity contribution is 0.233. The second kappa shape index (κ2) is 4.79. The molecule has 2 rings (SSSR count). The van der Waals surface area contributed by atoms with Crippen molar-refractivity contribution in [3.8, 4) is 5.88 Å². The van der Waals surface area contributed by atoms with Crippen LogP contribution in [-0.2, 0) is 0 Å². The van der Waals surface area contributed by atoms with E-state index in [0.29, 0.717) is 17.6 Å². The zero-order valence-electron chi connectivity index (χ0n) is 10.7. The molecule has 0 aliphatic carbocycles. The smallest absolute Gasteiger partial charge is 0.238 e. The molecular weight excluding hydrogens is 216 g/mol. The van der Waals surface area contributed by atoms with Gasteiger partial charge < -0.3 is 20.3 Å². The topological polar surface area (TPSA) is 54.6 Å². The number of ether oxygens (including phenoxy) is 1. The van der Waals surface area contributed by atoms with E-state index >= 15 is 0 Å². The van der Waals surface area contributed by atoms with Crippen molar-refractivity contribution < 1.29 is 4.74 Å². The molecule has 0 saturated carbocycles. The zero-order valence-corrected chi connectivity index (χ0v) is 10.7. The predicted molar refractivity (Wildman–Crippen MR) is 69.5 cm³/mol. The number of nitrogen functional groups attached to an aromatic ring is 1. The maximum absolute atomic E-state index is 5.76. The van der Waals surface area contributed by atoms with E-state index in [2.05, 4.69) is 28.8 Å². The summed E-state index contributed by atoms with van der Waals surface area (Å²) in [4.78, 5) is 9.06. The van der Waals surface area contributed by atoms with Crippen LogP contribution >= 0.6 is 0 Å². The number of piperazine rings is 1. The number of likely N-dealkylation sites (N-methyl/N-ethyl adjacent to an activating group) is 1. The largest absolute Gasteiger partial charge is 0.479 e. The van der Waals surface area contributed by atoms with Crippen LogP contribution in [0.2, 0.25) is 0 Å². The highest BCUT2D eigenvalue weighted by Crippen LogP contribution is 2.24. The van der Waals surface area contributed by atoms with Gasteiger partial charge in [-0.25, -0.2) is 0 Å². The second-order valence-corrected chi connectivity index (χ2v) is 4.54. The molecule has 1 aliphatic heterocycles. The first-order valence-electron chi connectivity index (χ1n) is 5.87. The summed E-state index contributed by atoms with van der Waals surface area (Å²) in [7, 11) is 3.74. The van der Waals surface area contributed by atoms with Crippen LogP contribution in [0.4, 0.5) is 11.5 Å². The normalized spacial score (nSPS) is 21.6. The van der Waals surface area contributed by atoms with Gasteiger partial charge in [0, 0.05) is 25.7 Å². The average molecular weight is 236 g/mol. The number of nitrogens with two attached hydrogens (primary N) is 1. The van der Waals surface area contributed by atoms with E-state index in [9.17, 15) is 0 Å². The summed E-state index contributed by atoms with van der Waals surface area (Å²) < 4.78 is 5.15. The lowest BCUT2D eigenvalue weighted by Crippen LogP contribution is -2.50. The summed E-state index contributed by atoms with van der Waals surface area (Å²) in [5.74, 6) is 1.45. The Kier molecular flexibility index (Phi) is 3.38. The predicted octanol–water partition coefficient (Wildman–Crippen LogP) is 0.813. The van der Waals surface area contributed by atoms with Crippen molar-refractivity contribution in [3.05, 3.63) is 12.1 Å². The van der Waals surface area contributed by atoms with Crippen LogP contribution in [0, 0.1) is 0 Å². The maximum atomic E-state index is 5.76. The number of anilines is 2. The summed E-state index contributed by atoms with van der Waals surface area (Å²) in [5.41, 5.74) is 6.35. The second-order valence-electron chi connectivity index (χ2n) is 4.54. The van der Waals surface area contributed by atoms with Gasteiger partial charge in [-0.1, -0.05) is 0 Å². The minimum Gasteiger partial charge on any atom is -0.479 e. The van der Waals surface area contributed by atoms with Crippen molar-refractivity contribution in [2.45, 2.75) is 13.0 Å². The molecule has 0 spiro atoms. The number of hydrogen-bond donors (Lipinski definition) is 1. The molecule has 94 valence electrons. The molecule has 5 nitrogen and oxygen atoms in total. The fraction of sp³-hybridized carbons (Fsp3) is 0.583. The van der Waals surface area contributed by atoms with Gasteiger partial charge in [0.05, 0.1) is 12.8 Å². The number of hydrogen-bond acceptors (Lipinski definition) is 5. The highest BCUT2D eigenvalue weighted by Gasteiger charge is 2.22.